The quantitative estimate of drug-likeness (QED) is 0.186. The zero-order chi connectivity index (χ0) is 13.6. The largest absolute Gasteiger partial charge is 0.356 e. The molecule has 0 aromatic heterocycles. The molecule has 8 nitrogen and oxygen atoms in total. The molecule has 18 heavy (non-hydrogen) atoms. The van der Waals surface area contributed by atoms with Gasteiger partial charge in [0.1, 0.15) is 5.78 Å². The van der Waals surface area contributed by atoms with Gasteiger partial charge in [-0.05, 0) is 18.4 Å². The lowest BCUT2D eigenvalue weighted by Crippen LogP contribution is -2.25. The smallest absolute Gasteiger partial charge is 0.220 e. The second-order valence-corrected chi connectivity index (χ2v) is 3.67. The summed E-state index contributed by atoms with van der Waals surface area (Å²) in [5.74, 6) is 4.67. The molecule has 0 atom stereocenters. The fourth-order valence-corrected chi connectivity index (χ4v) is 1.24. The molecule has 0 aliphatic carbocycles. The summed E-state index contributed by atoms with van der Waals surface area (Å²) < 4.78 is 0. The topological polar surface area (TPSA) is 130 Å². The summed E-state index contributed by atoms with van der Waals surface area (Å²) >= 11 is 0. The van der Waals surface area contributed by atoms with Crippen molar-refractivity contribution in [1.82, 2.24) is 5.32 Å². The number of Topliss-reactive ketones (excluding diaryl/α,β-unsaturated/α-hetero) is 1. The van der Waals surface area contributed by atoms with Gasteiger partial charge in [0.25, 0.3) is 0 Å². The molecule has 0 unspecified atom stereocenters. The minimum absolute atomic E-state index is 0.00332. The first-order valence-corrected chi connectivity index (χ1v) is 5.81. The zero-order valence-electron chi connectivity index (χ0n) is 10.3. The molecule has 0 heterocycles. The van der Waals surface area contributed by atoms with Crippen molar-refractivity contribution < 1.29 is 14.4 Å². The van der Waals surface area contributed by atoms with Gasteiger partial charge in [-0.15, -0.1) is 0 Å². The highest BCUT2D eigenvalue weighted by molar-refractivity contribution is 5.84. The van der Waals surface area contributed by atoms with Crippen LogP contribution in [-0.2, 0) is 14.4 Å². The van der Waals surface area contributed by atoms with Crippen molar-refractivity contribution in [2.24, 2.45) is 11.0 Å². The minimum Gasteiger partial charge on any atom is -0.356 e. The highest BCUT2D eigenvalue weighted by atomic mass is 16.6. The number of nitrogens with one attached hydrogen (secondary N) is 1. The summed E-state index contributed by atoms with van der Waals surface area (Å²) in [7, 11) is 0. The first-order valence-electron chi connectivity index (χ1n) is 5.81. The zero-order valence-corrected chi connectivity index (χ0v) is 10.3. The summed E-state index contributed by atoms with van der Waals surface area (Å²) in [6.45, 7) is 1.19. The molecule has 0 saturated heterocycles. The molecule has 0 aromatic rings. The van der Waals surface area contributed by atoms with E-state index in [4.69, 9.17) is 11.4 Å². The highest BCUT2D eigenvalue weighted by Gasteiger charge is 2.06. The van der Waals surface area contributed by atoms with Crippen molar-refractivity contribution in [2.45, 2.75) is 32.1 Å². The lowest BCUT2D eigenvalue weighted by molar-refractivity contribution is -0.125. The van der Waals surface area contributed by atoms with Gasteiger partial charge in [0, 0.05) is 37.3 Å². The van der Waals surface area contributed by atoms with Crippen LogP contribution >= 0.6 is 0 Å². The van der Waals surface area contributed by atoms with Gasteiger partial charge < -0.3 is 10.2 Å². The Hall–Kier alpha value is -1.63. The normalized spacial score (nSPS) is 9.61. The standard InChI is InChI=1S/C10H19N5O3/c11-15-14-7-1-3-9(16)4-5-10(17)13-6-2-8-18-12/h1-8,12H2,(H,13,17). The Morgan fingerprint density at radius 3 is 2.72 bits per heavy atom. The first-order chi connectivity index (χ1) is 8.70. The molecule has 0 fully saturated rings. The van der Waals surface area contributed by atoms with Gasteiger partial charge in [-0.25, -0.2) is 5.90 Å². The van der Waals surface area contributed by atoms with Crippen molar-refractivity contribution in [2.75, 3.05) is 19.7 Å². The second-order valence-electron chi connectivity index (χ2n) is 3.67. The molecule has 0 spiro atoms. The number of hydrogen-bond donors (Lipinski definition) is 2. The molecule has 1 amide bonds. The maximum absolute atomic E-state index is 11.3. The Balaban J connectivity index is 3.47. The molecule has 3 N–H and O–H groups in total. The van der Waals surface area contributed by atoms with Crippen LogP contribution in [0.1, 0.15) is 32.1 Å². The number of carbonyl (C=O) groups is 2. The van der Waals surface area contributed by atoms with Crippen LogP contribution in [0.4, 0.5) is 0 Å². The van der Waals surface area contributed by atoms with E-state index in [9.17, 15) is 9.59 Å². The summed E-state index contributed by atoms with van der Waals surface area (Å²) in [5.41, 5.74) is 8.03. The van der Waals surface area contributed by atoms with Crippen LogP contribution in [0.5, 0.6) is 0 Å². The number of nitrogens with two attached hydrogens (primary N) is 1. The van der Waals surface area contributed by atoms with Crippen molar-refractivity contribution in [3.05, 3.63) is 10.4 Å². The van der Waals surface area contributed by atoms with Gasteiger partial charge in [0.2, 0.25) is 5.91 Å². The molecule has 0 radical (unpaired) electrons. The minimum atomic E-state index is -0.157. The predicted octanol–water partition coefficient (Wildman–Crippen LogP) is 0.823. The third-order valence-electron chi connectivity index (χ3n) is 2.17. The first kappa shape index (κ1) is 16.4. The fourth-order valence-electron chi connectivity index (χ4n) is 1.24. The molecule has 0 rings (SSSR count). The Morgan fingerprint density at radius 1 is 1.28 bits per heavy atom. The van der Waals surface area contributed by atoms with Gasteiger partial charge in [-0.2, -0.15) is 0 Å². The van der Waals surface area contributed by atoms with Crippen molar-refractivity contribution in [3.63, 3.8) is 0 Å². The summed E-state index contributed by atoms with van der Waals surface area (Å²) in [4.78, 5) is 29.6. The molecule has 102 valence electrons. The van der Waals surface area contributed by atoms with Crippen LogP contribution in [0.3, 0.4) is 0 Å². The Kier molecular flexibility index (Phi) is 10.8. The molecular weight excluding hydrogens is 238 g/mol. The SMILES string of the molecule is [N-]=[N+]=NCCCC(=O)CCC(=O)NCCCON. The van der Waals surface area contributed by atoms with Gasteiger partial charge in [-0.1, -0.05) is 5.11 Å². The summed E-state index contributed by atoms with van der Waals surface area (Å²) in [6.07, 6.45) is 1.91. The monoisotopic (exact) mass is 257 g/mol. The van der Waals surface area contributed by atoms with Crippen molar-refractivity contribution >= 4 is 11.7 Å². The van der Waals surface area contributed by atoms with E-state index in [1.165, 1.54) is 0 Å². The molecule has 8 heteroatoms. The maximum Gasteiger partial charge on any atom is 0.220 e. The van der Waals surface area contributed by atoms with Gasteiger partial charge in [0.15, 0.2) is 0 Å². The highest BCUT2D eigenvalue weighted by Crippen LogP contribution is 1.99. The van der Waals surface area contributed by atoms with Gasteiger partial charge in [0.05, 0.1) is 6.61 Å². The maximum atomic E-state index is 11.3. The number of hydrogen-bond acceptors (Lipinski definition) is 5. The molecule has 0 aromatic carbocycles. The van der Waals surface area contributed by atoms with Crippen LogP contribution in [0, 0.1) is 0 Å². The lowest BCUT2D eigenvalue weighted by Gasteiger charge is -2.04. The summed E-state index contributed by atoms with van der Waals surface area (Å²) in [6, 6.07) is 0. The predicted molar refractivity (Wildman–Crippen MR) is 65.3 cm³/mol. The van der Waals surface area contributed by atoms with E-state index in [1.807, 2.05) is 0 Å². The Bertz CT molecular complexity index is 302. The van der Waals surface area contributed by atoms with Crippen molar-refractivity contribution in [3.8, 4) is 0 Å². The molecule has 0 aliphatic heterocycles. The number of azide groups is 1. The second kappa shape index (κ2) is 11.8. The average Bonchev–Trinajstić information content (AvgIpc) is 2.37. The van der Waals surface area contributed by atoms with Crippen LogP contribution in [-0.4, -0.2) is 31.4 Å². The van der Waals surface area contributed by atoms with E-state index in [1.54, 1.807) is 0 Å². The van der Waals surface area contributed by atoms with E-state index in [2.05, 4.69) is 20.2 Å². The number of rotatable bonds is 11. The third-order valence-corrected chi connectivity index (χ3v) is 2.17. The molecule has 0 bridgehead atoms. The fraction of sp³-hybridized carbons (Fsp3) is 0.800. The number of carbonyl (C=O) groups excluding carboxylic acids is 2. The lowest BCUT2D eigenvalue weighted by atomic mass is 10.1. The van der Waals surface area contributed by atoms with E-state index >= 15 is 0 Å². The van der Waals surface area contributed by atoms with Gasteiger partial charge in [-0.3, -0.25) is 9.59 Å². The Morgan fingerprint density at radius 2 is 2.06 bits per heavy atom. The third kappa shape index (κ3) is 10.9. The average molecular weight is 257 g/mol. The number of nitrogens with zero attached hydrogens (tertiary/aromatic N) is 3. The molecular formula is C10H19N5O3. The number of ketones is 1. The van der Waals surface area contributed by atoms with Crippen LogP contribution < -0.4 is 11.2 Å². The van der Waals surface area contributed by atoms with E-state index < -0.39 is 0 Å². The van der Waals surface area contributed by atoms with Crippen molar-refractivity contribution in [1.29, 1.82) is 0 Å². The van der Waals surface area contributed by atoms with Gasteiger partial charge >= 0.3 is 0 Å². The van der Waals surface area contributed by atoms with Crippen LogP contribution in [0.25, 0.3) is 10.4 Å². The number of amides is 1. The van der Waals surface area contributed by atoms with E-state index in [-0.39, 0.29) is 24.5 Å². The Labute approximate surface area is 105 Å². The van der Waals surface area contributed by atoms with Crippen LogP contribution in [0.15, 0.2) is 5.11 Å². The summed E-state index contributed by atoms with van der Waals surface area (Å²) in [5, 5.41) is 5.98. The van der Waals surface area contributed by atoms with E-state index in [0.29, 0.717) is 39.0 Å². The van der Waals surface area contributed by atoms with E-state index in [0.717, 1.165) is 0 Å². The van der Waals surface area contributed by atoms with Crippen LogP contribution in [0.2, 0.25) is 0 Å². The molecule has 0 saturated carbocycles. The molecule has 0 aliphatic rings.